The molecule has 2 heterocycles. The Balaban J connectivity index is 2.38. The highest BCUT2D eigenvalue weighted by Gasteiger charge is 2.18. The van der Waals surface area contributed by atoms with E-state index in [-0.39, 0.29) is 5.56 Å². The number of rotatable bonds is 3. The van der Waals surface area contributed by atoms with Crippen molar-refractivity contribution in [3.05, 3.63) is 50.9 Å². The molecule has 0 spiro atoms. The Morgan fingerprint density at radius 3 is 2.73 bits per heavy atom. The summed E-state index contributed by atoms with van der Waals surface area (Å²) in [5.74, 6) is 0. The van der Waals surface area contributed by atoms with Gasteiger partial charge in [0.05, 0.1) is 11.7 Å². The Labute approximate surface area is 134 Å². The molecule has 0 fully saturated rings. The number of aryl methyl sites for hydroxylation is 4. The van der Waals surface area contributed by atoms with Crippen LogP contribution < -0.4 is 5.56 Å². The van der Waals surface area contributed by atoms with Crippen LogP contribution in [0.15, 0.2) is 29.3 Å². The van der Waals surface area contributed by atoms with Crippen LogP contribution in [0, 0.1) is 20.8 Å². The van der Waals surface area contributed by atoms with Gasteiger partial charge in [-0.1, -0.05) is 30.7 Å². The van der Waals surface area contributed by atoms with E-state index in [0.29, 0.717) is 6.54 Å². The lowest BCUT2D eigenvalue weighted by Crippen LogP contribution is -2.20. The molecule has 0 saturated carbocycles. The van der Waals surface area contributed by atoms with Crippen molar-refractivity contribution < 1.29 is 0 Å². The average molecular weight is 312 g/mol. The monoisotopic (exact) mass is 312 g/mol. The summed E-state index contributed by atoms with van der Waals surface area (Å²) >= 11 is 1.60. The Morgan fingerprint density at radius 2 is 2.00 bits per heavy atom. The molecule has 114 valence electrons. The van der Waals surface area contributed by atoms with Crippen LogP contribution >= 0.6 is 11.3 Å². The van der Waals surface area contributed by atoms with Crippen molar-refractivity contribution in [1.29, 1.82) is 0 Å². The summed E-state index contributed by atoms with van der Waals surface area (Å²) in [5.41, 5.74) is 4.68. The molecule has 3 nitrogen and oxygen atoms in total. The van der Waals surface area contributed by atoms with Gasteiger partial charge in [-0.3, -0.25) is 9.36 Å². The molecule has 0 aliphatic rings. The Morgan fingerprint density at radius 1 is 1.23 bits per heavy atom. The summed E-state index contributed by atoms with van der Waals surface area (Å²) < 4.78 is 1.73. The van der Waals surface area contributed by atoms with Crippen LogP contribution in [0.1, 0.15) is 29.3 Å². The quantitative estimate of drug-likeness (QED) is 0.715. The van der Waals surface area contributed by atoms with Crippen LogP contribution in [0.5, 0.6) is 0 Å². The molecule has 0 saturated heterocycles. The first-order valence-corrected chi connectivity index (χ1v) is 8.40. The first-order chi connectivity index (χ1) is 10.5. The lowest BCUT2D eigenvalue weighted by atomic mass is 9.97. The first-order valence-electron chi connectivity index (χ1n) is 7.59. The molecule has 3 rings (SSSR count). The van der Waals surface area contributed by atoms with Gasteiger partial charge in [0.15, 0.2) is 0 Å². The second kappa shape index (κ2) is 5.69. The topological polar surface area (TPSA) is 34.9 Å². The molecular weight excluding hydrogens is 292 g/mol. The summed E-state index contributed by atoms with van der Waals surface area (Å²) in [6.07, 6.45) is 2.60. The largest absolute Gasteiger partial charge is 0.299 e. The lowest BCUT2D eigenvalue weighted by Gasteiger charge is -2.09. The zero-order chi connectivity index (χ0) is 15.9. The lowest BCUT2D eigenvalue weighted by molar-refractivity contribution is 0.648. The number of fused-ring (bicyclic) bond motifs is 1. The maximum Gasteiger partial charge on any atom is 0.262 e. The number of hydrogen-bond acceptors (Lipinski definition) is 3. The molecule has 1 aromatic carbocycles. The minimum absolute atomic E-state index is 0.0760. The number of aromatic nitrogens is 2. The maximum atomic E-state index is 12.9. The van der Waals surface area contributed by atoms with E-state index in [9.17, 15) is 4.79 Å². The predicted octanol–water partition coefficient (Wildman–Crippen LogP) is 4.46. The molecule has 0 N–H and O–H groups in total. The van der Waals surface area contributed by atoms with Gasteiger partial charge >= 0.3 is 0 Å². The highest BCUT2D eigenvalue weighted by Crippen LogP contribution is 2.37. The van der Waals surface area contributed by atoms with E-state index in [4.69, 9.17) is 0 Å². The molecule has 2 aromatic heterocycles. The molecule has 0 bridgehead atoms. The molecule has 0 aliphatic heterocycles. The zero-order valence-electron chi connectivity index (χ0n) is 13.4. The molecule has 22 heavy (non-hydrogen) atoms. The van der Waals surface area contributed by atoms with Crippen LogP contribution in [0.2, 0.25) is 0 Å². The predicted molar refractivity (Wildman–Crippen MR) is 93.8 cm³/mol. The summed E-state index contributed by atoms with van der Waals surface area (Å²) in [5, 5.41) is 0.771. The van der Waals surface area contributed by atoms with E-state index in [2.05, 4.69) is 50.9 Å². The van der Waals surface area contributed by atoms with Crippen LogP contribution in [0.3, 0.4) is 0 Å². The van der Waals surface area contributed by atoms with Gasteiger partial charge in [-0.2, -0.15) is 0 Å². The third kappa shape index (κ3) is 2.37. The third-order valence-electron chi connectivity index (χ3n) is 3.98. The SMILES string of the molecule is CCCn1cnc2sc(C)c(-c3cc(C)ccc3C)c2c1=O. The second-order valence-corrected chi connectivity index (χ2v) is 6.98. The summed E-state index contributed by atoms with van der Waals surface area (Å²) in [6.45, 7) is 9.04. The molecule has 0 aliphatic carbocycles. The van der Waals surface area contributed by atoms with Gasteiger partial charge in [0.25, 0.3) is 5.56 Å². The van der Waals surface area contributed by atoms with Gasteiger partial charge in [0.2, 0.25) is 0 Å². The molecule has 0 amide bonds. The third-order valence-corrected chi connectivity index (χ3v) is 4.99. The van der Waals surface area contributed by atoms with E-state index in [0.717, 1.165) is 32.6 Å². The van der Waals surface area contributed by atoms with Crippen LogP contribution in [0.4, 0.5) is 0 Å². The van der Waals surface area contributed by atoms with Gasteiger partial charge in [-0.25, -0.2) is 4.98 Å². The van der Waals surface area contributed by atoms with Crippen molar-refractivity contribution in [2.75, 3.05) is 0 Å². The molecule has 0 atom stereocenters. The minimum Gasteiger partial charge on any atom is -0.299 e. The van der Waals surface area contributed by atoms with Crippen molar-refractivity contribution in [3.63, 3.8) is 0 Å². The summed E-state index contributed by atoms with van der Waals surface area (Å²) in [4.78, 5) is 19.3. The van der Waals surface area contributed by atoms with Gasteiger partial charge in [0.1, 0.15) is 4.83 Å². The van der Waals surface area contributed by atoms with E-state index < -0.39 is 0 Å². The summed E-state index contributed by atoms with van der Waals surface area (Å²) in [7, 11) is 0. The first kappa shape index (κ1) is 15.0. The van der Waals surface area contributed by atoms with Gasteiger partial charge < -0.3 is 0 Å². The van der Waals surface area contributed by atoms with E-state index in [1.54, 1.807) is 22.2 Å². The van der Waals surface area contributed by atoms with Crippen molar-refractivity contribution in [1.82, 2.24) is 9.55 Å². The molecule has 4 heteroatoms. The highest BCUT2D eigenvalue weighted by atomic mass is 32.1. The van der Waals surface area contributed by atoms with Crippen LogP contribution in [-0.2, 0) is 6.54 Å². The van der Waals surface area contributed by atoms with Crippen molar-refractivity contribution in [3.8, 4) is 11.1 Å². The second-order valence-electron chi connectivity index (χ2n) is 5.77. The molecule has 0 radical (unpaired) electrons. The minimum atomic E-state index is 0.0760. The number of hydrogen-bond donors (Lipinski definition) is 0. The normalized spacial score (nSPS) is 11.3. The van der Waals surface area contributed by atoms with E-state index in [1.165, 1.54) is 11.1 Å². The van der Waals surface area contributed by atoms with Crippen molar-refractivity contribution in [2.24, 2.45) is 0 Å². The average Bonchev–Trinajstić information content (AvgIpc) is 2.82. The zero-order valence-corrected chi connectivity index (χ0v) is 14.3. The van der Waals surface area contributed by atoms with Gasteiger partial charge in [0, 0.05) is 17.0 Å². The molecule has 3 aromatic rings. The fourth-order valence-electron chi connectivity index (χ4n) is 2.87. The van der Waals surface area contributed by atoms with Gasteiger partial charge in [-0.15, -0.1) is 11.3 Å². The Kier molecular flexibility index (Phi) is 3.87. The highest BCUT2D eigenvalue weighted by molar-refractivity contribution is 7.19. The van der Waals surface area contributed by atoms with Crippen molar-refractivity contribution in [2.45, 2.75) is 40.7 Å². The smallest absolute Gasteiger partial charge is 0.262 e. The van der Waals surface area contributed by atoms with Crippen molar-refractivity contribution >= 4 is 21.6 Å². The fraction of sp³-hybridized carbons (Fsp3) is 0.333. The van der Waals surface area contributed by atoms with Crippen LogP contribution in [-0.4, -0.2) is 9.55 Å². The molecular formula is C18H20N2OS. The number of nitrogens with zero attached hydrogens (tertiary/aromatic N) is 2. The number of thiophene rings is 1. The Bertz CT molecular complexity index is 905. The van der Waals surface area contributed by atoms with Gasteiger partial charge in [-0.05, 0) is 38.3 Å². The maximum absolute atomic E-state index is 12.9. The molecule has 0 unspecified atom stereocenters. The summed E-state index contributed by atoms with van der Waals surface area (Å²) in [6, 6.07) is 6.39. The Hall–Kier alpha value is -1.94. The van der Waals surface area contributed by atoms with Crippen LogP contribution in [0.25, 0.3) is 21.3 Å². The number of benzene rings is 1. The van der Waals surface area contributed by atoms with E-state index >= 15 is 0 Å². The standard InChI is InChI=1S/C18H20N2OS/c1-5-8-20-10-19-17-16(18(20)21)15(13(4)22-17)14-9-11(2)6-7-12(14)3/h6-7,9-10H,5,8H2,1-4H3. The van der Waals surface area contributed by atoms with E-state index in [1.807, 2.05) is 0 Å². The fourth-order valence-corrected chi connectivity index (χ4v) is 3.86.